The van der Waals surface area contributed by atoms with Crippen LogP contribution in [0.3, 0.4) is 0 Å². The molecular weight excluding hydrogens is 334 g/mol. The Hall–Kier alpha value is -2.74. The van der Waals surface area contributed by atoms with Crippen LogP contribution in [-0.2, 0) is 0 Å². The fourth-order valence-corrected chi connectivity index (χ4v) is 2.73. The molecule has 0 saturated carbocycles. The lowest BCUT2D eigenvalue weighted by molar-refractivity contribution is 0.199. The van der Waals surface area contributed by atoms with Gasteiger partial charge >= 0.3 is 6.09 Å². The number of carbonyl (C=O) groups is 1. The van der Waals surface area contributed by atoms with E-state index in [1.165, 1.54) is 12.4 Å². The van der Waals surface area contributed by atoms with Crippen LogP contribution in [0.4, 0.5) is 4.79 Å². The largest absolute Gasteiger partial charge is 0.476 e. The maximum absolute atomic E-state index is 10.8. The zero-order chi connectivity index (χ0) is 19.3. The van der Waals surface area contributed by atoms with Crippen molar-refractivity contribution in [3.63, 3.8) is 0 Å². The van der Waals surface area contributed by atoms with E-state index < -0.39 is 11.6 Å². The Balaban J connectivity index is 2.13. The summed E-state index contributed by atoms with van der Waals surface area (Å²) in [5.41, 5.74) is 13.0. The van der Waals surface area contributed by atoms with Gasteiger partial charge in [0.25, 0.3) is 0 Å². The molecule has 8 nitrogen and oxygen atoms in total. The second kappa shape index (κ2) is 8.09. The molecular formula is C18H25N5O3. The van der Waals surface area contributed by atoms with Gasteiger partial charge in [-0.3, -0.25) is 0 Å². The van der Waals surface area contributed by atoms with Gasteiger partial charge in [0.2, 0.25) is 11.8 Å². The van der Waals surface area contributed by atoms with Gasteiger partial charge in [0, 0.05) is 28.9 Å². The number of aryl methyl sites for hydroxylation is 1. The Morgan fingerprint density at radius 3 is 2.62 bits per heavy atom. The van der Waals surface area contributed by atoms with Crippen LogP contribution < -0.4 is 20.9 Å². The highest BCUT2D eigenvalue weighted by atomic mass is 16.6. The predicted octanol–water partition coefficient (Wildman–Crippen LogP) is 2.45. The van der Waals surface area contributed by atoms with E-state index in [1.807, 2.05) is 19.9 Å². The van der Waals surface area contributed by atoms with Crippen molar-refractivity contribution in [2.24, 2.45) is 17.4 Å². The van der Waals surface area contributed by atoms with E-state index in [2.05, 4.69) is 28.8 Å². The number of hydrogen-bond acceptors (Lipinski definition) is 7. The molecule has 0 saturated heterocycles. The molecule has 0 bridgehead atoms. The Kier molecular flexibility index (Phi) is 6.10. The smallest absolute Gasteiger partial charge is 0.411 e. The zero-order valence-electron chi connectivity index (χ0n) is 15.5. The lowest BCUT2D eigenvalue weighted by Crippen LogP contribution is -2.43. The highest BCUT2D eigenvalue weighted by Gasteiger charge is 2.21. The van der Waals surface area contributed by atoms with E-state index >= 15 is 0 Å². The van der Waals surface area contributed by atoms with Crippen molar-refractivity contribution in [1.29, 1.82) is 0 Å². The molecule has 2 rings (SSSR count). The number of nitrogens with zero attached hydrogens (tertiary/aromatic N) is 3. The van der Waals surface area contributed by atoms with Crippen LogP contribution in [0.5, 0.6) is 11.8 Å². The van der Waals surface area contributed by atoms with Crippen molar-refractivity contribution in [2.45, 2.75) is 39.7 Å². The van der Waals surface area contributed by atoms with Crippen molar-refractivity contribution < 1.29 is 14.3 Å². The summed E-state index contributed by atoms with van der Waals surface area (Å²) in [6.45, 7) is 8.49. The molecule has 2 aromatic rings. The maximum atomic E-state index is 10.8. The highest BCUT2D eigenvalue weighted by Crippen LogP contribution is 2.25. The van der Waals surface area contributed by atoms with Crippen molar-refractivity contribution in [3.05, 3.63) is 30.2 Å². The molecule has 140 valence electrons. The summed E-state index contributed by atoms with van der Waals surface area (Å²) >= 11 is 0. The average Bonchev–Trinajstić information content (AvgIpc) is 2.52. The molecule has 1 amide bonds. The molecule has 0 aliphatic carbocycles. The normalized spacial score (nSPS) is 13.3. The van der Waals surface area contributed by atoms with Crippen LogP contribution in [-0.4, -0.2) is 33.2 Å². The van der Waals surface area contributed by atoms with E-state index in [9.17, 15) is 4.79 Å². The van der Waals surface area contributed by atoms with E-state index in [0.717, 1.165) is 17.5 Å². The van der Waals surface area contributed by atoms with Gasteiger partial charge in [-0.25, -0.2) is 19.7 Å². The SMILES string of the molecule is Cc1cc(-c2cc(OC(N)=O)ncn2)cnc1OC[C@@](C)(N)CC(C)C. The molecule has 0 spiro atoms. The highest BCUT2D eigenvalue weighted by molar-refractivity contribution is 5.68. The topological polar surface area (TPSA) is 126 Å². The molecule has 4 N–H and O–H groups in total. The summed E-state index contributed by atoms with van der Waals surface area (Å²) in [5, 5.41) is 0. The molecule has 0 fully saturated rings. The lowest BCUT2D eigenvalue weighted by atomic mass is 9.93. The minimum atomic E-state index is -0.932. The number of hydrogen-bond donors (Lipinski definition) is 2. The lowest BCUT2D eigenvalue weighted by Gasteiger charge is -2.26. The number of primary amides is 1. The molecule has 0 aromatic carbocycles. The number of pyridine rings is 1. The first kappa shape index (κ1) is 19.6. The van der Waals surface area contributed by atoms with Crippen molar-refractivity contribution >= 4 is 6.09 Å². The maximum Gasteiger partial charge on any atom is 0.411 e. The number of amides is 1. The van der Waals surface area contributed by atoms with E-state index in [0.29, 0.717) is 24.1 Å². The minimum absolute atomic E-state index is 0.0769. The first-order chi connectivity index (χ1) is 12.2. The molecule has 2 aromatic heterocycles. The second-order valence-corrected chi connectivity index (χ2v) is 7.05. The number of carbonyl (C=O) groups excluding carboxylic acids is 1. The summed E-state index contributed by atoms with van der Waals surface area (Å²) < 4.78 is 10.6. The third-order valence-corrected chi connectivity index (χ3v) is 3.59. The average molecular weight is 359 g/mol. The predicted molar refractivity (Wildman–Crippen MR) is 97.8 cm³/mol. The van der Waals surface area contributed by atoms with Crippen LogP contribution in [0.25, 0.3) is 11.3 Å². The molecule has 2 heterocycles. The van der Waals surface area contributed by atoms with E-state index in [4.69, 9.17) is 20.9 Å². The van der Waals surface area contributed by atoms with Crippen LogP contribution in [0, 0.1) is 12.8 Å². The number of rotatable bonds is 7. The van der Waals surface area contributed by atoms with Crippen LogP contribution in [0.15, 0.2) is 24.7 Å². The fourth-order valence-electron chi connectivity index (χ4n) is 2.73. The zero-order valence-corrected chi connectivity index (χ0v) is 15.5. The Bertz CT molecular complexity index is 777. The molecule has 8 heteroatoms. The molecule has 0 aliphatic rings. The second-order valence-electron chi connectivity index (χ2n) is 7.05. The first-order valence-corrected chi connectivity index (χ1v) is 8.34. The molecule has 0 radical (unpaired) electrons. The van der Waals surface area contributed by atoms with Gasteiger partial charge in [0.15, 0.2) is 0 Å². The van der Waals surface area contributed by atoms with Crippen LogP contribution in [0.1, 0.15) is 32.8 Å². The van der Waals surface area contributed by atoms with Gasteiger partial charge in [0.05, 0.1) is 5.69 Å². The Morgan fingerprint density at radius 1 is 1.27 bits per heavy atom. The minimum Gasteiger partial charge on any atom is -0.476 e. The monoisotopic (exact) mass is 359 g/mol. The van der Waals surface area contributed by atoms with Gasteiger partial charge in [-0.2, -0.15) is 0 Å². The third-order valence-electron chi connectivity index (χ3n) is 3.59. The van der Waals surface area contributed by atoms with Gasteiger partial charge in [-0.15, -0.1) is 0 Å². The van der Waals surface area contributed by atoms with Gasteiger partial charge in [-0.1, -0.05) is 13.8 Å². The first-order valence-electron chi connectivity index (χ1n) is 8.34. The summed E-state index contributed by atoms with van der Waals surface area (Å²) in [7, 11) is 0. The fraction of sp³-hybridized carbons (Fsp3) is 0.444. The Labute approximate surface area is 153 Å². The number of ether oxygens (including phenoxy) is 2. The van der Waals surface area contributed by atoms with E-state index in [1.54, 1.807) is 6.20 Å². The Morgan fingerprint density at radius 2 is 2.00 bits per heavy atom. The number of aromatic nitrogens is 3. The van der Waals surface area contributed by atoms with Crippen molar-refractivity contribution in [1.82, 2.24) is 15.0 Å². The summed E-state index contributed by atoms with van der Waals surface area (Å²) in [4.78, 5) is 23.2. The molecule has 0 unspecified atom stereocenters. The molecule has 26 heavy (non-hydrogen) atoms. The summed E-state index contributed by atoms with van der Waals surface area (Å²) in [6, 6.07) is 3.40. The quantitative estimate of drug-likeness (QED) is 0.777. The van der Waals surface area contributed by atoms with Gasteiger partial charge < -0.3 is 20.9 Å². The standard InChI is InChI=1S/C18H25N5O3/c1-11(2)7-18(4,20)9-25-16-12(3)5-13(8-21-16)14-6-15(23-10-22-14)26-17(19)24/h5-6,8,10-11H,7,9,20H2,1-4H3,(H2,19,24)/t18-/m0/s1. The summed E-state index contributed by atoms with van der Waals surface area (Å²) in [5.74, 6) is 1.09. The molecule has 1 atom stereocenters. The van der Waals surface area contributed by atoms with Crippen molar-refractivity contribution in [2.75, 3.05) is 6.61 Å². The number of nitrogens with two attached hydrogens (primary N) is 2. The molecule has 0 aliphatic heterocycles. The summed E-state index contributed by atoms with van der Waals surface area (Å²) in [6.07, 6.45) is 2.85. The van der Waals surface area contributed by atoms with Crippen LogP contribution in [0.2, 0.25) is 0 Å². The third kappa shape index (κ3) is 5.66. The van der Waals surface area contributed by atoms with Gasteiger partial charge in [0.1, 0.15) is 12.9 Å². The van der Waals surface area contributed by atoms with E-state index in [-0.39, 0.29) is 5.88 Å². The van der Waals surface area contributed by atoms with Gasteiger partial charge in [-0.05, 0) is 32.3 Å². The van der Waals surface area contributed by atoms with Crippen LogP contribution >= 0.6 is 0 Å². The van der Waals surface area contributed by atoms with Crippen molar-refractivity contribution in [3.8, 4) is 23.0 Å².